The Balaban J connectivity index is 1.79. The normalized spacial score (nSPS) is 15.0. The van der Waals surface area contributed by atoms with Gasteiger partial charge in [-0.25, -0.2) is 9.97 Å². The summed E-state index contributed by atoms with van der Waals surface area (Å²) >= 11 is 0. The van der Waals surface area contributed by atoms with Gasteiger partial charge in [-0.1, -0.05) is 38.1 Å². The van der Waals surface area contributed by atoms with E-state index in [4.69, 9.17) is 15.5 Å². The monoisotopic (exact) mass is 350 g/mol. The number of benzene rings is 1. The molecule has 134 valence electrons. The number of fused-ring (bicyclic) bond motifs is 1. The molecule has 0 aliphatic carbocycles. The Bertz CT molecular complexity index is 919. The predicted molar refractivity (Wildman–Crippen MR) is 102 cm³/mol. The summed E-state index contributed by atoms with van der Waals surface area (Å²) in [5, 5.41) is 0. The first-order valence-corrected chi connectivity index (χ1v) is 8.85. The van der Waals surface area contributed by atoms with Crippen LogP contribution in [0.5, 0.6) is 0 Å². The van der Waals surface area contributed by atoms with Crippen molar-refractivity contribution in [3.8, 4) is 11.3 Å². The summed E-state index contributed by atoms with van der Waals surface area (Å²) in [4.78, 5) is 20.1. The van der Waals surface area contributed by atoms with Gasteiger partial charge in [-0.2, -0.15) is 9.97 Å². The number of nitrogen functional groups attached to an aromatic ring is 1. The van der Waals surface area contributed by atoms with Crippen LogP contribution in [-0.4, -0.2) is 46.2 Å². The van der Waals surface area contributed by atoms with Crippen molar-refractivity contribution in [3.63, 3.8) is 0 Å². The molecule has 1 aromatic carbocycles. The summed E-state index contributed by atoms with van der Waals surface area (Å²) in [6.07, 6.45) is 1.74. The Morgan fingerprint density at radius 2 is 1.77 bits per heavy atom. The standard InChI is InChI=1S/C19H22N6O/c1-12(2)13-3-5-14(6-4-13)15-11-21-17-16(22-15)18(24-19(20)23-17)25-7-9-26-10-8-25/h3-6,11-12H,7-10H2,1-2H3,(H2,20,21,23,24). The summed E-state index contributed by atoms with van der Waals surface area (Å²) in [5.74, 6) is 1.43. The zero-order valence-electron chi connectivity index (χ0n) is 15.0. The van der Waals surface area contributed by atoms with Crippen LogP contribution in [0.4, 0.5) is 11.8 Å². The van der Waals surface area contributed by atoms with Gasteiger partial charge in [-0.3, -0.25) is 0 Å². The van der Waals surface area contributed by atoms with Crippen molar-refractivity contribution in [2.75, 3.05) is 36.9 Å². The third kappa shape index (κ3) is 3.17. The highest BCUT2D eigenvalue weighted by Gasteiger charge is 2.19. The van der Waals surface area contributed by atoms with Crippen molar-refractivity contribution < 1.29 is 4.74 Å². The molecular formula is C19H22N6O. The van der Waals surface area contributed by atoms with Gasteiger partial charge in [-0.15, -0.1) is 0 Å². The Kier molecular flexibility index (Phi) is 4.38. The molecular weight excluding hydrogens is 328 g/mol. The van der Waals surface area contributed by atoms with E-state index in [1.54, 1.807) is 6.20 Å². The minimum absolute atomic E-state index is 0.210. The molecule has 0 radical (unpaired) electrons. The summed E-state index contributed by atoms with van der Waals surface area (Å²) in [7, 11) is 0. The minimum atomic E-state index is 0.210. The zero-order valence-corrected chi connectivity index (χ0v) is 15.0. The van der Waals surface area contributed by atoms with Gasteiger partial charge >= 0.3 is 0 Å². The second-order valence-corrected chi connectivity index (χ2v) is 6.71. The first kappa shape index (κ1) is 16.7. The lowest BCUT2D eigenvalue weighted by Crippen LogP contribution is -2.37. The Labute approximate surface area is 152 Å². The van der Waals surface area contributed by atoms with Crippen molar-refractivity contribution in [2.24, 2.45) is 0 Å². The van der Waals surface area contributed by atoms with E-state index in [0.29, 0.717) is 30.3 Å². The van der Waals surface area contributed by atoms with Gasteiger partial charge in [0, 0.05) is 18.7 Å². The summed E-state index contributed by atoms with van der Waals surface area (Å²) < 4.78 is 5.43. The van der Waals surface area contributed by atoms with Gasteiger partial charge in [0.05, 0.1) is 25.1 Å². The Morgan fingerprint density at radius 3 is 2.46 bits per heavy atom. The molecule has 0 unspecified atom stereocenters. The largest absolute Gasteiger partial charge is 0.378 e. The molecule has 0 atom stereocenters. The van der Waals surface area contributed by atoms with Crippen LogP contribution < -0.4 is 10.6 Å². The number of hydrogen-bond acceptors (Lipinski definition) is 7. The highest BCUT2D eigenvalue weighted by atomic mass is 16.5. The molecule has 0 spiro atoms. The molecule has 1 fully saturated rings. The van der Waals surface area contributed by atoms with Gasteiger partial charge in [-0.05, 0) is 11.5 Å². The highest BCUT2D eigenvalue weighted by molar-refractivity contribution is 5.85. The topological polar surface area (TPSA) is 90.0 Å². The molecule has 7 nitrogen and oxygen atoms in total. The van der Waals surface area contributed by atoms with Crippen LogP contribution in [0.3, 0.4) is 0 Å². The second kappa shape index (κ2) is 6.84. The lowest BCUT2D eigenvalue weighted by Gasteiger charge is -2.28. The SMILES string of the molecule is CC(C)c1ccc(-c2cnc3nc(N)nc(N4CCOCC4)c3n2)cc1. The van der Waals surface area contributed by atoms with Crippen LogP contribution in [0, 0.1) is 0 Å². The molecule has 0 bridgehead atoms. The van der Waals surface area contributed by atoms with Crippen molar-refractivity contribution in [1.82, 2.24) is 19.9 Å². The summed E-state index contributed by atoms with van der Waals surface area (Å²) in [6, 6.07) is 8.43. The average molecular weight is 350 g/mol. The van der Waals surface area contributed by atoms with E-state index < -0.39 is 0 Å². The maximum Gasteiger partial charge on any atom is 0.224 e. The molecule has 2 aromatic heterocycles. The molecule has 3 heterocycles. The molecule has 1 aliphatic rings. The van der Waals surface area contributed by atoms with E-state index in [1.165, 1.54) is 5.56 Å². The highest BCUT2D eigenvalue weighted by Crippen LogP contribution is 2.26. The smallest absolute Gasteiger partial charge is 0.224 e. The van der Waals surface area contributed by atoms with E-state index in [2.05, 4.69) is 58.0 Å². The van der Waals surface area contributed by atoms with E-state index in [1.807, 2.05) is 0 Å². The van der Waals surface area contributed by atoms with Gasteiger partial charge in [0.15, 0.2) is 17.0 Å². The van der Waals surface area contributed by atoms with Crippen molar-refractivity contribution in [1.29, 1.82) is 0 Å². The van der Waals surface area contributed by atoms with E-state index in [-0.39, 0.29) is 5.95 Å². The van der Waals surface area contributed by atoms with Crippen LogP contribution in [0.1, 0.15) is 25.3 Å². The first-order valence-electron chi connectivity index (χ1n) is 8.85. The maximum absolute atomic E-state index is 5.88. The number of nitrogens with two attached hydrogens (primary N) is 1. The fourth-order valence-electron chi connectivity index (χ4n) is 3.08. The van der Waals surface area contributed by atoms with Gasteiger partial charge in [0.2, 0.25) is 5.95 Å². The lowest BCUT2D eigenvalue weighted by atomic mass is 10.0. The fourth-order valence-corrected chi connectivity index (χ4v) is 3.08. The molecule has 0 amide bonds. The number of aromatic nitrogens is 4. The number of nitrogens with zero attached hydrogens (tertiary/aromatic N) is 5. The average Bonchev–Trinajstić information content (AvgIpc) is 2.68. The third-order valence-corrected chi connectivity index (χ3v) is 4.59. The van der Waals surface area contributed by atoms with Crippen LogP contribution in [-0.2, 0) is 4.74 Å². The second-order valence-electron chi connectivity index (χ2n) is 6.71. The van der Waals surface area contributed by atoms with Crippen LogP contribution in [0.2, 0.25) is 0 Å². The van der Waals surface area contributed by atoms with Crippen LogP contribution >= 0.6 is 0 Å². The predicted octanol–water partition coefficient (Wildman–Crippen LogP) is 2.63. The van der Waals surface area contributed by atoms with Gasteiger partial charge in [0.1, 0.15) is 0 Å². The lowest BCUT2D eigenvalue weighted by molar-refractivity contribution is 0.122. The fraction of sp³-hybridized carbons (Fsp3) is 0.368. The van der Waals surface area contributed by atoms with Gasteiger partial charge < -0.3 is 15.4 Å². The number of rotatable bonds is 3. The molecule has 7 heteroatoms. The van der Waals surface area contributed by atoms with Gasteiger partial charge in [0.25, 0.3) is 0 Å². The Hall–Kier alpha value is -2.80. The first-order chi connectivity index (χ1) is 12.6. The van der Waals surface area contributed by atoms with Crippen molar-refractivity contribution in [2.45, 2.75) is 19.8 Å². The molecule has 4 rings (SSSR count). The summed E-state index contributed by atoms with van der Waals surface area (Å²) in [5.41, 5.74) is 10.2. The van der Waals surface area contributed by atoms with Crippen LogP contribution in [0.25, 0.3) is 22.4 Å². The quantitative estimate of drug-likeness (QED) is 0.776. The van der Waals surface area contributed by atoms with Crippen molar-refractivity contribution >= 4 is 22.9 Å². The molecule has 0 saturated carbocycles. The van der Waals surface area contributed by atoms with E-state index >= 15 is 0 Å². The number of morpholine rings is 1. The Morgan fingerprint density at radius 1 is 1.04 bits per heavy atom. The van der Waals surface area contributed by atoms with E-state index in [9.17, 15) is 0 Å². The number of hydrogen-bond donors (Lipinski definition) is 1. The number of anilines is 2. The summed E-state index contributed by atoms with van der Waals surface area (Å²) in [6.45, 7) is 7.19. The van der Waals surface area contributed by atoms with Crippen LogP contribution in [0.15, 0.2) is 30.5 Å². The molecule has 2 N–H and O–H groups in total. The molecule has 3 aromatic rings. The number of ether oxygens (including phenoxy) is 1. The zero-order chi connectivity index (χ0) is 18.1. The molecule has 26 heavy (non-hydrogen) atoms. The third-order valence-electron chi connectivity index (χ3n) is 4.59. The van der Waals surface area contributed by atoms with Crippen molar-refractivity contribution in [3.05, 3.63) is 36.0 Å². The maximum atomic E-state index is 5.88. The van der Waals surface area contributed by atoms with E-state index in [0.717, 1.165) is 30.2 Å². The molecule has 1 aliphatic heterocycles. The molecule has 1 saturated heterocycles. The minimum Gasteiger partial charge on any atom is -0.378 e.